The van der Waals surface area contributed by atoms with Gasteiger partial charge in [0.1, 0.15) is 0 Å². The molecule has 3 aromatic carbocycles. The SMILES string of the molecule is O=C(Nc1cccnc1)C1=C[C@H](c2ccc3c(c2)Cc2ccccc2-3)C[C@H](OCc2ccc(CO)cc2)O1. The summed E-state index contributed by atoms with van der Waals surface area (Å²) in [5, 5.41) is 12.2. The number of aliphatic hydroxyl groups is 1. The van der Waals surface area contributed by atoms with Gasteiger partial charge in [0.15, 0.2) is 5.76 Å². The average Bonchev–Trinajstić information content (AvgIpc) is 3.34. The molecule has 4 aromatic rings. The third-order valence-corrected chi connectivity index (χ3v) is 7.09. The minimum Gasteiger partial charge on any atom is -0.459 e. The summed E-state index contributed by atoms with van der Waals surface area (Å²) in [5.74, 6) is -0.152. The smallest absolute Gasteiger partial charge is 0.290 e. The molecular formula is C32H28N2O4. The molecule has 0 saturated heterocycles. The van der Waals surface area contributed by atoms with Crippen LogP contribution in [0.2, 0.25) is 0 Å². The molecule has 6 heteroatoms. The highest BCUT2D eigenvalue weighted by Crippen LogP contribution is 2.40. The summed E-state index contributed by atoms with van der Waals surface area (Å²) < 4.78 is 12.2. The van der Waals surface area contributed by atoms with Crippen LogP contribution in [-0.2, 0) is 33.9 Å². The van der Waals surface area contributed by atoms with Gasteiger partial charge < -0.3 is 19.9 Å². The number of nitrogens with zero attached hydrogens (tertiary/aromatic N) is 1. The summed E-state index contributed by atoms with van der Waals surface area (Å²) in [7, 11) is 0. The lowest BCUT2D eigenvalue weighted by Crippen LogP contribution is -2.29. The number of aliphatic hydroxyl groups excluding tert-OH is 1. The van der Waals surface area contributed by atoms with Gasteiger partial charge in [0.2, 0.25) is 6.29 Å². The van der Waals surface area contributed by atoms with Crippen LogP contribution in [0.1, 0.15) is 40.2 Å². The van der Waals surface area contributed by atoms with Gasteiger partial charge in [-0.3, -0.25) is 9.78 Å². The van der Waals surface area contributed by atoms with E-state index in [0.717, 1.165) is 23.1 Å². The van der Waals surface area contributed by atoms with Crippen molar-refractivity contribution in [1.82, 2.24) is 4.98 Å². The molecule has 0 fully saturated rings. The number of fused-ring (bicyclic) bond motifs is 3. The Kier molecular flexibility index (Phi) is 6.73. The Hall–Kier alpha value is -4.26. The van der Waals surface area contributed by atoms with Gasteiger partial charge in [-0.15, -0.1) is 0 Å². The molecule has 2 N–H and O–H groups in total. The second kappa shape index (κ2) is 10.6. The number of ether oxygens (including phenoxy) is 2. The number of hydrogen-bond donors (Lipinski definition) is 2. The lowest BCUT2D eigenvalue weighted by molar-refractivity contribution is -0.147. The van der Waals surface area contributed by atoms with Crippen molar-refractivity contribution >= 4 is 11.6 Å². The summed E-state index contributed by atoms with van der Waals surface area (Å²) in [4.78, 5) is 17.2. The van der Waals surface area contributed by atoms with E-state index in [1.807, 2.05) is 30.3 Å². The third-order valence-electron chi connectivity index (χ3n) is 7.09. The van der Waals surface area contributed by atoms with Crippen molar-refractivity contribution in [2.24, 2.45) is 0 Å². The molecule has 0 saturated carbocycles. The number of anilines is 1. The highest BCUT2D eigenvalue weighted by Gasteiger charge is 2.30. The molecule has 190 valence electrons. The van der Waals surface area contributed by atoms with Crippen LogP contribution >= 0.6 is 0 Å². The maximum atomic E-state index is 13.2. The number of aromatic nitrogens is 1. The van der Waals surface area contributed by atoms with E-state index >= 15 is 0 Å². The molecule has 1 aromatic heterocycles. The van der Waals surface area contributed by atoms with Crippen molar-refractivity contribution in [2.45, 2.75) is 38.3 Å². The quantitative estimate of drug-likeness (QED) is 0.297. The van der Waals surface area contributed by atoms with Crippen LogP contribution < -0.4 is 5.32 Å². The van der Waals surface area contributed by atoms with Crippen molar-refractivity contribution < 1.29 is 19.4 Å². The largest absolute Gasteiger partial charge is 0.459 e. The number of benzene rings is 3. The minimum absolute atomic E-state index is 0.000608. The molecule has 6 rings (SSSR count). The molecule has 6 nitrogen and oxygen atoms in total. The normalized spacial score (nSPS) is 17.7. The van der Waals surface area contributed by atoms with Crippen LogP contribution in [0.5, 0.6) is 0 Å². The van der Waals surface area contributed by atoms with Gasteiger partial charge in [-0.05, 0) is 63.6 Å². The molecule has 38 heavy (non-hydrogen) atoms. The summed E-state index contributed by atoms with van der Waals surface area (Å²) >= 11 is 0. The summed E-state index contributed by atoms with van der Waals surface area (Å²) in [6, 6.07) is 26.3. The highest BCUT2D eigenvalue weighted by atomic mass is 16.7. The summed E-state index contributed by atoms with van der Waals surface area (Å²) in [6.07, 6.45) is 6.05. The van der Waals surface area contributed by atoms with Gasteiger partial charge in [0.05, 0.1) is 25.1 Å². The monoisotopic (exact) mass is 504 g/mol. The number of carbonyl (C=O) groups is 1. The molecule has 0 bridgehead atoms. The van der Waals surface area contributed by atoms with Crippen molar-refractivity contribution in [2.75, 3.05) is 5.32 Å². The molecule has 0 spiro atoms. The maximum Gasteiger partial charge on any atom is 0.290 e. The van der Waals surface area contributed by atoms with Gasteiger partial charge in [0.25, 0.3) is 5.91 Å². The van der Waals surface area contributed by atoms with E-state index in [1.54, 1.807) is 24.5 Å². The standard InChI is InChI=1S/C32H28N2O4/c35-19-21-7-9-22(10-8-21)20-37-31-17-25(16-30(38-31)32(36)34-27-5-3-13-33-18-27)23-11-12-29-26(14-23)15-24-4-1-2-6-28(24)29/h1-14,16,18,25,31,35H,15,17,19-20H2,(H,34,36)/t25-,31+/m0/s1. The first-order valence-corrected chi connectivity index (χ1v) is 12.8. The Labute approximate surface area is 221 Å². The molecule has 0 unspecified atom stereocenters. The van der Waals surface area contributed by atoms with Gasteiger partial charge in [-0.1, -0.05) is 66.7 Å². The fourth-order valence-electron chi connectivity index (χ4n) is 5.11. The van der Waals surface area contributed by atoms with Crippen molar-refractivity contribution in [3.05, 3.63) is 131 Å². The molecule has 0 radical (unpaired) electrons. The summed E-state index contributed by atoms with van der Waals surface area (Å²) in [6.45, 7) is 0.334. The number of amides is 1. The molecular weight excluding hydrogens is 476 g/mol. The number of nitrogens with one attached hydrogen (secondary N) is 1. The zero-order valence-corrected chi connectivity index (χ0v) is 20.8. The zero-order valence-electron chi connectivity index (χ0n) is 20.8. The summed E-state index contributed by atoms with van der Waals surface area (Å²) in [5.41, 5.74) is 8.75. The predicted octanol–water partition coefficient (Wildman–Crippen LogP) is 5.71. The van der Waals surface area contributed by atoms with Crippen LogP contribution in [0.15, 0.2) is 103 Å². The number of hydrogen-bond acceptors (Lipinski definition) is 5. The van der Waals surface area contributed by atoms with E-state index in [1.165, 1.54) is 22.3 Å². The first-order valence-electron chi connectivity index (χ1n) is 12.8. The Balaban J connectivity index is 1.24. The second-order valence-electron chi connectivity index (χ2n) is 9.65. The number of rotatable bonds is 7. The van der Waals surface area contributed by atoms with Gasteiger partial charge in [-0.25, -0.2) is 0 Å². The molecule has 1 amide bonds. The van der Waals surface area contributed by atoms with Crippen molar-refractivity contribution in [3.8, 4) is 11.1 Å². The molecule has 1 aliphatic heterocycles. The van der Waals surface area contributed by atoms with Gasteiger partial charge in [0, 0.05) is 18.5 Å². The minimum atomic E-state index is -0.595. The molecule has 2 atom stereocenters. The van der Waals surface area contributed by atoms with Crippen molar-refractivity contribution in [1.29, 1.82) is 0 Å². The van der Waals surface area contributed by atoms with E-state index in [4.69, 9.17) is 9.47 Å². The molecule has 1 aliphatic carbocycles. The Morgan fingerprint density at radius 2 is 1.79 bits per heavy atom. The first kappa shape index (κ1) is 24.1. The van der Waals surface area contributed by atoms with E-state index in [2.05, 4.69) is 52.8 Å². The van der Waals surface area contributed by atoms with Crippen LogP contribution in [0.3, 0.4) is 0 Å². The number of allylic oxidation sites excluding steroid dienone is 1. The fraction of sp³-hybridized carbons (Fsp3) is 0.188. The van der Waals surface area contributed by atoms with E-state index in [0.29, 0.717) is 18.7 Å². The van der Waals surface area contributed by atoms with Crippen LogP contribution in [-0.4, -0.2) is 22.3 Å². The van der Waals surface area contributed by atoms with Crippen LogP contribution in [0.25, 0.3) is 11.1 Å². The first-order chi connectivity index (χ1) is 18.7. The average molecular weight is 505 g/mol. The van der Waals surface area contributed by atoms with E-state index in [-0.39, 0.29) is 24.2 Å². The number of carbonyl (C=O) groups excluding carboxylic acids is 1. The Bertz CT molecular complexity index is 1480. The topological polar surface area (TPSA) is 80.7 Å². The predicted molar refractivity (Wildman–Crippen MR) is 145 cm³/mol. The third kappa shape index (κ3) is 5.09. The number of pyridine rings is 1. The van der Waals surface area contributed by atoms with E-state index in [9.17, 15) is 9.90 Å². The van der Waals surface area contributed by atoms with Gasteiger partial charge in [-0.2, -0.15) is 0 Å². The second-order valence-corrected chi connectivity index (χ2v) is 9.65. The maximum absolute atomic E-state index is 13.2. The highest BCUT2D eigenvalue weighted by molar-refractivity contribution is 6.02. The fourth-order valence-corrected chi connectivity index (χ4v) is 5.11. The Morgan fingerprint density at radius 1 is 0.974 bits per heavy atom. The molecule has 2 heterocycles. The zero-order chi connectivity index (χ0) is 25.9. The Morgan fingerprint density at radius 3 is 2.61 bits per heavy atom. The van der Waals surface area contributed by atoms with Crippen LogP contribution in [0.4, 0.5) is 5.69 Å². The lowest BCUT2D eigenvalue weighted by atomic mass is 9.90. The van der Waals surface area contributed by atoms with Gasteiger partial charge >= 0.3 is 0 Å². The molecule has 2 aliphatic rings. The lowest BCUT2D eigenvalue weighted by Gasteiger charge is -2.29. The van der Waals surface area contributed by atoms with Crippen molar-refractivity contribution in [3.63, 3.8) is 0 Å². The van der Waals surface area contributed by atoms with E-state index < -0.39 is 6.29 Å². The van der Waals surface area contributed by atoms with Crippen LogP contribution in [0, 0.1) is 0 Å².